The molecule has 2 aliphatic heterocycles. The van der Waals surface area contributed by atoms with E-state index in [1.807, 2.05) is 36.4 Å². The van der Waals surface area contributed by atoms with E-state index in [4.69, 9.17) is 14.6 Å². The van der Waals surface area contributed by atoms with E-state index in [1.54, 1.807) is 6.08 Å². The highest BCUT2D eigenvalue weighted by molar-refractivity contribution is 6.02. The van der Waals surface area contributed by atoms with Crippen LogP contribution in [0.2, 0.25) is 0 Å². The van der Waals surface area contributed by atoms with Crippen LogP contribution in [-0.2, 0) is 0 Å². The minimum absolute atomic E-state index is 0.160. The summed E-state index contributed by atoms with van der Waals surface area (Å²) in [5.74, 6) is 1.74. The number of hydrogen-bond donors (Lipinski definition) is 0. The highest BCUT2D eigenvalue weighted by Gasteiger charge is 2.40. The van der Waals surface area contributed by atoms with Crippen molar-refractivity contribution in [3.05, 3.63) is 108 Å². The number of aryl methyl sites for hydroxylation is 1. The molecule has 0 N–H and O–H groups in total. The third-order valence-electron chi connectivity index (χ3n) is 5.62. The lowest BCUT2D eigenvalue weighted by Gasteiger charge is -2.38. The highest BCUT2D eigenvalue weighted by atomic mass is 16.5. The van der Waals surface area contributed by atoms with Crippen molar-refractivity contribution < 1.29 is 9.47 Å². The summed E-state index contributed by atoms with van der Waals surface area (Å²) in [6.45, 7) is 6.29. The first-order valence-corrected chi connectivity index (χ1v) is 10.2. The van der Waals surface area contributed by atoms with Gasteiger partial charge in [0, 0.05) is 17.5 Å². The molecule has 2 aliphatic rings. The number of nitrogens with zero attached hydrogens (tertiary/aromatic N) is 2. The molecule has 4 nitrogen and oxygen atoms in total. The predicted molar refractivity (Wildman–Crippen MR) is 119 cm³/mol. The minimum atomic E-state index is -0.277. The van der Waals surface area contributed by atoms with Crippen molar-refractivity contribution >= 4 is 5.71 Å². The number of rotatable bonds is 5. The van der Waals surface area contributed by atoms with Gasteiger partial charge in [0.05, 0.1) is 11.8 Å². The van der Waals surface area contributed by atoms with Gasteiger partial charge in [0.1, 0.15) is 18.1 Å². The molecule has 0 amide bonds. The molecule has 3 aromatic rings. The third-order valence-corrected chi connectivity index (χ3v) is 5.62. The van der Waals surface area contributed by atoms with Gasteiger partial charge in [-0.05, 0) is 42.8 Å². The second-order valence-corrected chi connectivity index (χ2v) is 7.69. The van der Waals surface area contributed by atoms with Crippen LogP contribution in [0, 0.1) is 6.92 Å². The number of ether oxygens (including phenoxy) is 2. The number of benzene rings is 3. The summed E-state index contributed by atoms with van der Waals surface area (Å²) in [5.41, 5.74) is 5.75. The molecule has 0 radical (unpaired) electrons. The quantitative estimate of drug-likeness (QED) is 0.511. The Morgan fingerprint density at radius 2 is 1.83 bits per heavy atom. The van der Waals surface area contributed by atoms with E-state index < -0.39 is 0 Å². The summed E-state index contributed by atoms with van der Waals surface area (Å²) in [6.07, 6.45) is 2.33. The molecule has 2 atom stereocenters. The van der Waals surface area contributed by atoms with Crippen LogP contribution in [0.25, 0.3) is 0 Å². The van der Waals surface area contributed by atoms with E-state index in [-0.39, 0.29) is 12.3 Å². The number of hydrazone groups is 1. The molecule has 30 heavy (non-hydrogen) atoms. The molecule has 2 heterocycles. The fraction of sp³-hybridized carbons (Fsp3) is 0.192. The second kappa shape index (κ2) is 7.71. The van der Waals surface area contributed by atoms with E-state index >= 15 is 0 Å². The topological polar surface area (TPSA) is 34.1 Å². The SMILES string of the molecule is C=CCOc1ccc([C@H]2Oc3ccccc3[C@H]3CC(c4ccc(C)cc4)=NN32)cc1. The van der Waals surface area contributed by atoms with Gasteiger partial charge in [-0.25, -0.2) is 5.01 Å². The largest absolute Gasteiger partial charge is 0.490 e. The predicted octanol–water partition coefficient (Wildman–Crippen LogP) is 5.80. The highest BCUT2D eigenvalue weighted by Crippen LogP contribution is 2.47. The standard InChI is InChI=1S/C26H24N2O2/c1-3-16-29-21-14-12-20(13-15-21)26-28-24(22-6-4-5-7-25(22)30-26)17-23(27-28)19-10-8-18(2)9-11-19/h3-15,24,26H,1,16-17H2,2H3/t24-,26-/m1/s1. The van der Waals surface area contributed by atoms with E-state index in [0.29, 0.717) is 6.61 Å². The molecule has 0 saturated heterocycles. The Labute approximate surface area is 177 Å². The number of hydrogen-bond acceptors (Lipinski definition) is 4. The summed E-state index contributed by atoms with van der Waals surface area (Å²) < 4.78 is 12.0. The average molecular weight is 396 g/mol. The van der Waals surface area contributed by atoms with Crippen LogP contribution in [0.3, 0.4) is 0 Å². The van der Waals surface area contributed by atoms with Gasteiger partial charge in [-0.3, -0.25) is 0 Å². The van der Waals surface area contributed by atoms with Crippen LogP contribution in [0.4, 0.5) is 0 Å². The monoisotopic (exact) mass is 396 g/mol. The van der Waals surface area contributed by atoms with Gasteiger partial charge in [-0.2, -0.15) is 5.10 Å². The lowest BCUT2D eigenvalue weighted by molar-refractivity contribution is -0.0190. The van der Waals surface area contributed by atoms with Crippen molar-refractivity contribution in [1.82, 2.24) is 5.01 Å². The molecule has 150 valence electrons. The molecule has 0 aliphatic carbocycles. The molecule has 0 bridgehead atoms. The Morgan fingerprint density at radius 3 is 2.60 bits per heavy atom. The van der Waals surface area contributed by atoms with Gasteiger partial charge in [-0.15, -0.1) is 0 Å². The van der Waals surface area contributed by atoms with E-state index in [1.165, 1.54) is 16.7 Å². The Morgan fingerprint density at radius 1 is 1.07 bits per heavy atom. The maximum Gasteiger partial charge on any atom is 0.213 e. The molecule has 0 spiro atoms. The van der Waals surface area contributed by atoms with Gasteiger partial charge in [0.25, 0.3) is 0 Å². The maximum absolute atomic E-state index is 6.42. The number of para-hydroxylation sites is 1. The zero-order valence-corrected chi connectivity index (χ0v) is 17.0. The van der Waals surface area contributed by atoms with Gasteiger partial charge in [0.2, 0.25) is 6.23 Å². The molecule has 0 aromatic heterocycles. The first-order chi connectivity index (χ1) is 14.7. The Balaban J connectivity index is 1.51. The zero-order chi connectivity index (χ0) is 20.5. The van der Waals surface area contributed by atoms with Crippen LogP contribution in [0.15, 0.2) is 90.6 Å². The molecule has 0 unspecified atom stereocenters. The molecule has 0 fully saturated rings. The maximum atomic E-state index is 6.42. The van der Waals surface area contributed by atoms with Crippen LogP contribution in [0.5, 0.6) is 11.5 Å². The fourth-order valence-corrected chi connectivity index (χ4v) is 4.06. The zero-order valence-electron chi connectivity index (χ0n) is 17.0. The summed E-state index contributed by atoms with van der Waals surface area (Å²) in [7, 11) is 0. The molecular weight excluding hydrogens is 372 g/mol. The Hall–Kier alpha value is -3.53. The first kappa shape index (κ1) is 18.5. The molecular formula is C26H24N2O2. The van der Waals surface area contributed by atoms with Gasteiger partial charge in [-0.1, -0.05) is 60.7 Å². The molecule has 0 saturated carbocycles. The van der Waals surface area contributed by atoms with Crippen molar-refractivity contribution in [2.75, 3.05) is 6.61 Å². The third kappa shape index (κ3) is 3.35. The summed E-state index contributed by atoms with van der Waals surface area (Å²) in [6, 6.07) is 25.1. The van der Waals surface area contributed by atoms with Gasteiger partial charge >= 0.3 is 0 Å². The average Bonchev–Trinajstić information content (AvgIpc) is 3.24. The Bertz CT molecular complexity index is 1090. The molecule has 4 heteroatoms. The van der Waals surface area contributed by atoms with Crippen LogP contribution in [-0.4, -0.2) is 17.3 Å². The van der Waals surface area contributed by atoms with Crippen molar-refractivity contribution in [1.29, 1.82) is 0 Å². The summed E-state index contributed by atoms with van der Waals surface area (Å²) >= 11 is 0. The lowest BCUT2D eigenvalue weighted by atomic mass is 9.95. The van der Waals surface area contributed by atoms with Gasteiger partial charge in [0.15, 0.2) is 0 Å². The lowest BCUT2D eigenvalue weighted by Crippen LogP contribution is -2.33. The van der Waals surface area contributed by atoms with Crippen molar-refractivity contribution in [2.45, 2.75) is 25.6 Å². The minimum Gasteiger partial charge on any atom is -0.490 e. The van der Waals surface area contributed by atoms with Crippen molar-refractivity contribution in [2.24, 2.45) is 5.10 Å². The van der Waals surface area contributed by atoms with Gasteiger partial charge < -0.3 is 9.47 Å². The summed E-state index contributed by atoms with van der Waals surface area (Å²) in [4.78, 5) is 0. The van der Waals surface area contributed by atoms with Crippen LogP contribution in [0.1, 0.15) is 40.9 Å². The first-order valence-electron chi connectivity index (χ1n) is 10.2. The van der Waals surface area contributed by atoms with E-state index in [0.717, 1.165) is 29.2 Å². The fourth-order valence-electron chi connectivity index (χ4n) is 4.06. The molecule has 3 aromatic carbocycles. The Kier molecular flexibility index (Phi) is 4.75. The van der Waals surface area contributed by atoms with Crippen LogP contribution >= 0.6 is 0 Å². The number of fused-ring (bicyclic) bond motifs is 3. The van der Waals surface area contributed by atoms with Crippen LogP contribution < -0.4 is 9.47 Å². The van der Waals surface area contributed by atoms with Crippen molar-refractivity contribution in [3.8, 4) is 11.5 Å². The van der Waals surface area contributed by atoms with Crippen molar-refractivity contribution in [3.63, 3.8) is 0 Å². The van der Waals surface area contributed by atoms with E-state index in [9.17, 15) is 0 Å². The van der Waals surface area contributed by atoms with E-state index in [2.05, 4.69) is 54.9 Å². The summed E-state index contributed by atoms with van der Waals surface area (Å²) in [5, 5.41) is 7.13. The normalized spacial score (nSPS) is 19.4. The molecule has 5 rings (SSSR count). The second-order valence-electron chi connectivity index (χ2n) is 7.69. The smallest absolute Gasteiger partial charge is 0.213 e.